The van der Waals surface area contributed by atoms with Crippen LogP contribution in [0.1, 0.15) is 33.6 Å². The van der Waals surface area contributed by atoms with Gasteiger partial charge in [-0.2, -0.15) is 0 Å². The maximum absolute atomic E-state index is 12.5. The summed E-state index contributed by atoms with van der Waals surface area (Å²) in [6.45, 7) is 6.20. The third-order valence-electron chi connectivity index (χ3n) is 3.27. The molecular formula is C15H21BrN2O3S. The molecule has 1 aliphatic heterocycles. The molecule has 122 valence electrons. The maximum Gasteiger partial charge on any atom is 0.410 e. The fraction of sp³-hybridized carbons (Fsp3) is 0.600. The van der Waals surface area contributed by atoms with Crippen molar-refractivity contribution < 1.29 is 13.7 Å². The molecule has 0 bridgehead atoms. The van der Waals surface area contributed by atoms with Crippen molar-refractivity contribution in [3.8, 4) is 0 Å². The topological polar surface area (TPSA) is 59.5 Å². The average molecular weight is 389 g/mol. The van der Waals surface area contributed by atoms with Gasteiger partial charge in [0.1, 0.15) is 15.2 Å². The van der Waals surface area contributed by atoms with Gasteiger partial charge < -0.3 is 9.64 Å². The van der Waals surface area contributed by atoms with Gasteiger partial charge in [-0.25, -0.2) is 9.78 Å². The van der Waals surface area contributed by atoms with Crippen LogP contribution in [0.4, 0.5) is 4.79 Å². The third kappa shape index (κ3) is 4.78. The third-order valence-corrected chi connectivity index (χ3v) is 5.09. The minimum absolute atomic E-state index is 0.0588. The highest BCUT2D eigenvalue weighted by Gasteiger charge is 2.33. The molecule has 22 heavy (non-hydrogen) atoms. The molecule has 0 aliphatic carbocycles. The second kappa shape index (κ2) is 7.08. The number of carbonyl (C=O) groups excluding carboxylic acids is 1. The van der Waals surface area contributed by atoms with Crippen molar-refractivity contribution >= 4 is 32.8 Å². The molecule has 0 radical (unpaired) electrons. The van der Waals surface area contributed by atoms with Gasteiger partial charge in [0.2, 0.25) is 0 Å². The standard InChI is InChI=1S/C15H21BrN2O3S/c1-15(2,3)21-14(19)18-9-5-6-11(18)10-22(20)13-8-4-7-12(16)17-13/h4,7-8,11H,5-6,9-10H2,1-3H3/t11-,22+/m1/s1. The Kier molecular flexibility index (Phi) is 5.60. The lowest BCUT2D eigenvalue weighted by atomic mass is 10.2. The van der Waals surface area contributed by atoms with Crippen molar-refractivity contribution in [1.82, 2.24) is 9.88 Å². The molecule has 0 aromatic carbocycles. The molecule has 0 spiro atoms. The summed E-state index contributed by atoms with van der Waals surface area (Å²) in [5.74, 6) is 0.392. The van der Waals surface area contributed by atoms with E-state index in [4.69, 9.17) is 4.74 Å². The highest BCUT2D eigenvalue weighted by atomic mass is 79.9. The molecule has 0 N–H and O–H groups in total. The van der Waals surface area contributed by atoms with Crippen LogP contribution in [-0.2, 0) is 15.5 Å². The summed E-state index contributed by atoms with van der Waals surface area (Å²) in [7, 11) is -1.23. The minimum atomic E-state index is -1.23. The highest BCUT2D eigenvalue weighted by molar-refractivity contribution is 9.10. The zero-order chi connectivity index (χ0) is 16.3. The van der Waals surface area contributed by atoms with Crippen molar-refractivity contribution in [1.29, 1.82) is 0 Å². The van der Waals surface area contributed by atoms with Gasteiger partial charge in [0.15, 0.2) is 0 Å². The lowest BCUT2D eigenvalue weighted by Gasteiger charge is -2.28. The quantitative estimate of drug-likeness (QED) is 0.744. The Morgan fingerprint density at radius 1 is 1.50 bits per heavy atom. The van der Waals surface area contributed by atoms with E-state index in [1.165, 1.54) is 0 Å². The number of aromatic nitrogens is 1. The van der Waals surface area contributed by atoms with E-state index >= 15 is 0 Å². The highest BCUT2D eigenvalue weighted by Crippen LogP contribution is 2.23. The Balaban J connectivity index is 2.02. The zero-order valence-corrected chi connectivity index (χ0v) is 15.4. The predicted molar refractivity (Wildman–Crippen MR) is 89.2 cm³/mol. The molecule has 0 unspecified atom stereocenters. The number of amides is 1. The Bertz CT molecular complexity index is 574. The molecule has 1 aliphatic rings. The van der Waals surface area contributed by atoms with Crippen LogP contribution in [0.15, 0.2) is 27.8 Å². The van der Waals surface area contributed by atoms with E-state index in [-0.39, 0.29) is 12.1 Å². The summed E-state index contributed by atoms with van der Waals surface area (Å²) in [4.78, 5) is 18.1. The van der Waals surface area contributed by atoms with E-state index in [2.05, 4.69) is 20.9 Å². The molecule has 7 heteroatoms. The van der Waals surface area contributed by atoms with Crippen molar-refractivity contribution in [2.45, 2.75) is 50.3 Å². The van der Waals surface area contributed by atoms with Gasteiger partial charge in [0.05, 0.1) is 16.6 Å². The Morgan fingerprint density at radius 3 is 2.86 bits per heavy atom. The predicted octanol–water partition coefficient (Wildman–Crippen LogP) is 3.35. The largest absolute Gasteiger partial charge is 0.444 e. The van der Waals surface area contributed by atoms with E-state index < -0.39 is 16.4 Å². The summed E-state index contributed by atoms with van der Waals surface area (Å²) in [6.07, 6.45) is 1.43. The SMILES string of the molecule is CC(C)(C)OC(=O)N1CCC[C@@H]1C[S@](=O)c1cccc(Br)n1. The first-order valence-corrected chi connectivity index (χ1v) is 9.38. The normalized spacial score (nSPS) is 20.0. The molecule has 2 rings (SSSR count). The molecule has 1 aromatic heterocycles. The second-order valence-electron chi connectivity index (χ2n) is 6.28. The van der Waals surface area contributed by atoms with E-state index in [0.717, 1.165) is 12.8 Å². The van der Waals surface area contributed by atoms with E-state index in [9.17, 15) is 9.00 Å². The maximum atomic E-state index is 12.5. The summed E-state index contributed by atoms with van der Waals surface area (Å²) in [5.41, 5.74) is -0.519. The van der Waals surface area contributed by atoms with Crippen LogP contribution in [0, 0.1) is 0 Å². The van der Waals surface area contributed by atoms with Crippen molar-refractivity contribution in [3.05, 3.63) is 22.8 Å². The number of pyridine rings is 1. The first-order valence-electron chi connectivity index (χ1n) is 7.27. The number of halogens is 1. The van der Waals surface area contributed by atoms with Gasteiger partial charge in [-0.1, -0.05) is 6.07 Å². The van der Waals surface area contributed by atoms with E-state index in [0.29, 0.717) is 21.9 Å². The Labute approximate surface area is 142 Å². The number of rotatable bonds is 3. The molecular weight excluding hydrogens is 368 g/mol. The number of likely N-dealkylation sites (tertiary alicyclic amines) is 1. The van der Waals surface area contributed by atoms with Gasteiger partial charge in [-0.05, 0) is 61.7 Å². The summed E-state index contributed by atoms with van der Waals surface area (Å²) in [5, 5.41) is 0.533. The van der Waals surface area contributed by atoms with Crippen LogP contribution < -0.4 is 0 Å². The molecule has 0 saturated carbocycles. The van der Waals surface area contributed by atoms with Crippen molar-refractivity contribution in [2.24, 2.45) is 0 Å². The molecule has 5 nitrogen and oxygen atoms in total. The number of ether oxygens (including phenoxy) is 1. The average Bonchev–Trinajstić information content (AvgIpc) is 2.85. The Morgan fingerprint density at radius 2 is 2.23 bits per heavy atom. The first kappa shape index (κ1) is 17.4. The molecule has 2 atom stereocenters. The lowest BCUT2D eigenvalue weighted by Crippen LogP contribution is -2.42. The van der Waals surface area contributed by atoms with E-state index in [1.807, 2.05) is 26.8 Å². The molecule has 2 heterocycles. The van der Waals surface area contributed by atoms with Gasteiger partial charge in [-0.15, -0.1) is 0 Å². The molecule has 1 fully saturated rings. The van der Waals surface area contributed by atoms with Gasteiger partial charge in [0, 0.05) is 12.6 Å². The zero-order valence-electron chi connectivity index (χ0n) is 13.0. The van der Waals surface area contributed by atoms with Crippen LogP contribution >= 0.6 is 15.9 Å². The fourth-order valence-electron chi connectivity index (χ4n) is 2.35. The van der Waals surface area contributed by atoms with Crippen molar-refractivity contribution in [2.75, 3.05) is 12.3 Å². The monoisotopic (exact) mass is 388 g/mol. The fourth-order valence-corrected chi connectivity index (χ4v) is 4.10. The van der Waals surface area contributed by atoms with Crippen LogP contribution in [0.25, 0.3) is 0 Å². The second-order valence-corrected chi connectivity index (χ2v) is 8.54. The van der Waals surface area contributed by atoms with Gasteiger partial charge in [-0.3, -0.25) is 4.21 Å². The van der Waals surface area contributed by atoms with Crippen LogP contribution in [0.5, 0.6) is 0 Å². The number of hydrogen-bond acceptors (Lipinski definition) is 4. The van der Waals surface area contributed by atoms with Crippen LogP contribution in [-0.4, -0.2) is 44.1 Å². The van der Waals surface area contributed by atoms with Gasteiger partial charge in [0.25, 0.3) is 0 Å². The van der Waals surface area contributed by atoms with Crippen molar-refractivity contribution in [3.63, 3.8) is 0 Å². The minimum Gasteiger partial charge on any atom is -0.444 e. The van der Waals surface area contributed by atoms with Crippen LogP contribution in [0.2, 0.25) is 0 Å². The summed E-state index contributed by atoms with van der Waals surface area (Å²) in [6, 6.07) is 5.29. The number of carbonyl (C=O) groups is 1. The molecule has 1 saturated heterocycles. The van der Waals surface area contributed by atoms with Gasteiger partial charge >= 0.3 is 6.09 Å². The first-order chi connectivity index (χ1) is 10.3. The number of nitrogens with zero attached hydrogens (tertiary/aromatic N) is 2. The molecule has 1 amide bonds. The Hall–Kier alpha value is -0.950. The van der Waals surface area contributed by atoms with Crippen LogP contribution in [0.3, 0.4) is 0 Å². The summed E-state index contributed by atoms with van der Waals surface area (Å²) < 4.78 is 18.5. The van der Waals surface area contributed by atoms with E-state index in [1.54, 1.807) is 17.0 Å². The summed E-state index contributed by atoms with van der Waals surface area (Å²) >= 11 is 3.28. The molecule has 1 aromatic rings. The number of hydrogen-bond donors (Lipinski definition) is 0. The smallest absolute Gasteiger partial charge is 0.410 e. The lowest BCUT2D eigenvalue weighted by molar-refractivity contribution is 0.0241.